The van der Waals surface area contributed by atoms with Crippen molar-refractivity contribution >= 4 is 0 Å². The van der Waals surface area contributed by atoms with E-state index in [4.69, 9.17) is 0 Å². The largest absolute Gasteiger partial charge is 0.310 e. The van der Waals surface area contributed by atoms with Crippen LogP contribution in [0.4, 0.5) is 0 Å². The van der Waals surface area contributed by atoms with Crippen LogP contribution in [0.5, 0.6) is 0 Å². The molecule has 0 amide bonds. The van der Waals surface area contributed by atoms with Crippen molar-refractivity contribution in [2.45, 2.75) is 39.2 Å². The summed E-state index contributed by atoms with van der Waals surface area (Å²) in [7, 11) is 0. The first-order chi connectivity index (χ1) is 9.85. The molecule has 0 spiro atoms. The van der Waals surface area contributed by atoms with Gasteiger partial charge in [0.25, 0.3) is 0 Å². The fourth-order valence-corrected chi connectivity index (χ4v) is 2.53. The summed E-state index contributed by atoms with van der Waals surface area (Å²) in [5, 5.41) is 3.67. The van der Waals surface area contributed by atoms with Crippen LogP contribution >= 0.6 is 0 Å². The molecule has 2 heteroatoms. The second-order valence-corrected chi connectivity index (χ2v) is 5.08. The second-order valence-electron chi connectivity index (χ2n) is 5.08. The lowest BCUT2D eigenvalue weighted by molar-refractivity contribution is 0.521. The number of nitrogens with one attached hydrogen (secondary N) is 1. The first-order valence-electron chi connectivity index (χ1n) is 7.56. The van der Waals surface area contributed by atoms with Gasteiger partial charge in [-0.05, 0) is 42.6 Å². The molecule has 0 aliphatic rings. The van der Waals surface area contributed by atoms with E-state index in [2.05, 4.69) is 60.5 Å². The Bertz CT molecular complexity index is 508. The number of nitrogens with zero attached hydrogens (tertiary/aromatic N) is 1. The molecule has 2 aromatic rings. The van der Waals surface area contributed by atoms with E-state index in [9.17, 15) is 0 Å². The highest BCUT2D eigenvalue weighted by molar-refractivity contribution is 5.31. The van der Waals surface area contributed by atoms with Gasteiger partial charge in [-0.25, -0.2) is 0 Å². The number of aromatic nitrogens is 1. The molecule has 0 saturated heterocycles. The SMILES string of the molecule is CCCNC(Cc1ccccn1)c1ccccc1CC. The normalized spacial score (nSPS) is 12.3. The van der Waals surface area contributed by atoms with E-state index in [1.54, 1.807) is 0 Å². The van der Waals surface area contributed by atoms with Gasteiger partial charge in [0.05, 0.1) is 0 Å². The van der Waals surface area contributed by atoms with E-state index in [0.29, 0.717) is 6.04 Å². The Morgan fingerprint density at radius 3 is 2.55 bits per heavy atom. The van der Waals surface area contributed by atoms with E-state index >= 15 is 0 Å². The lowest BCUT2D eigenvalue weighted by Gasteiger charge is -2.21. The molecule has 1 atom stereocenters. The van der Waals surface area contributed by atoms with E-state index in [1.165, 1.54) is 11.1 Å². The van der Waals surface area contributed by atoms with E-state index in [-0.39, 0.29) is 0 Å². The molecule has 0 fully saturated rings. The van der Waals surface area contributed by atoms with Crippen molar-refractivity contribution in [2.24, 2.45) is 0 Å². The van der Waals surface area contributed by atoms with Gasteiger partial charge in [-0.15, -0.1) is 0 Å². The first kappa shape index (κ1) is 14.7. The second kappa shape index (κ2) is 7.81. The number of hydrogen-bond acceptors (Lipinski definition) is 2. The Balaban J connectivity index is 2.22. The highest BCUT2D eigenvalue weighted by atomic mass is 14.9. The lowest BCUT2D eigenvalue weighted by Crippen LogP contribution is -2.25. The van der Waals surface area contributed by atoms with Crippen molar-refractivity contribution in [2.75, 3.05) is 6.54 Å². The third kappa shape index (κ3) is 3.91. The third-order valence-electron chi connectivity index (χ3n) is 3.59. The lowest BCUT2D eigenvalue weighted by atomic mass is 9.95. The summed E-state index contributed by atoms with van der Waals surface area (Å²) in [6.45, 7) is 5.46. The number of rotatable bonds is 7. The van der Waals surface area contributed by atoms with Crippen LogP contribution < -0.4 is 5.32 Å². The van der Waals surface area contributed by atoms with Gasteiger partial charge >= 0.3 is 0 Å². The molecule has 0 aliphatic carbocycles. The van der Waals surface area contributed by atoms with Gasteiger partial charge in [0.15, 0.2) is 0 Å². The van der Waals surface area contributed by atoms with Crippen LogP contribution in [0.15, 0.2) is 48.7 Å². The molecule has 0 saturated carbocycles. The molecule has 0 bridgehead atoms. The summed E-state index contributed by atoms with van der Waals surface area (Å²) in [5.41, 5.74) is 3.98. The van der Waals surface area contributed by atoms with Gasteiger partial charge in [-0.2, -0.15) is 0 Å². The average molecular weight is 268 g/mol. The van der Waals surface area contributed by atoms with Gasteiger partial charge in [0, 0.05) is 24.4 Å². The summed E-state index contributed by atoms with van der Waals surface area (Å²) in [5.74, 6) is 0. The van der Waals surface area contributed by atoms with Gasteiger partial charge < -0.3 is 5.32 Å². The van der Waals surface area contributed by atoms with Crippen molar-refractivity contribution < 1.29 is 0 Å². The predicted molar refractivity (Wildman–Crippen MR) is 84.8 cm³/mol. The fourth-order valence-electron chi connectivity index (χ4n) is 2.53. The maximum absolute atomic E-state index is 4.47. The number of hydrogen-bond donors (Lipinski definition) is 1. The zero-order valence-corrected chi connectivity index (χ0v) is 12.5. The summed E-state index contributed by atoms with van der Waals surface area (Å²) < 4.78 is 0. The van der Waals surface area contributed by atoms with Gasteiger partial charge in [0.1, 0.15) is 0 Å². The third-order valence-corrected chi connectivity index (χ3v) is 3.59. The summed E-state index contributed by atoms with van der Waals surface area (Å²) >= 11 is 0. The van der Waals surface area contributed by atoms with E-state index in [0.717, 1.165) is 31.5 Å². The molecule has 20 heavy (non-hydrogen) atoms. The molecule has 1 heterocycles. The predicted octanol–water partition coefficient (Wildman–Crippen LogP) is 3.93. The van der Waals surface area contributed by atoms with Gasteiger partial charge in [-0.3, -0.25) is 4.98 Å². The van der Waals surface area contributed by atoms with Crippen LogP contribution in [0.25, 0.3) is 0 Å². The minimum absolute atomic E-state index is 0.348. The minimum Gasteiger partial charge on any atom is -0.310 e. The maximum atomic E-state index is 4.47. The van der Waals surface area contributed by atoms with Gasteiger partial charge in [0.2, 0.25) is 0 Å². The Morgan fingerprint density at radius 2 is 1.85 bits per heavy atom. The van der Waals surface area contributed by atoms with Crippen LogP contribution in [0, 0.1) is 0 Å². The van der Waals surface area contributed by atoms with E-state index < -0.39 is 0 Å². The minimum atomic E-state index is 0.348. The van der Waals surface area contributed by atoms with Gasteiger partial charge in [-0.1, -0.05) is 44.2 Å². The fraction of sp³-hybridized carbons (Fsp3) is 0.389. The number of benzene rings is 1. The van der Waals surface area contributed by atoms with Crippen molar-refractivity contribution in [1.29, 1.82) is 0 Å². The van der Waals surface area contributed by atoms with Crippen molar-refractivity contribution in [3.8, 4) is 0 Å². The van der Waals surface area contributed by atoms with E-state index in [1.807, 2.05) is 12.3 Å². The standard InChI is InChI=1S/C18H24N2/c1-3-12-20-18(14-16-10-7-8-13-19-16)17-11-6-5-9-15(17)4-2/h5-11,13,18,20H,3-4,12,14H2,1-2H3. The quantitative estimate of drug-likeness (QED) is 0.823. The maximum Gasteiger partial charge on any atom is 0.0422 e. The molecule has 1 unspecified atom stereocenters. The van der Waals surface area contributed by atoms with Crippen LogP contribution in [-0.4, -0.2) is 11.5 Å². The molecular weight excluding hydrogens is 244 g/mol. The highest BCUT2D eigenvalue weighted by Gasteiger charge is 2.14. The Labute approximate surface area is 122 Å². The number of aryl methyl sites for hydroxylation is 1. The Hall–Kier alpha value is -1.67. The van der Waals surface area contributed by atoms with Crippen LogP contribution in [-0.2, 0) is 12.8 Å². The molecule has 1 aromatic heterocycles. The highest BCUT2D eigenvalue weighted by Crippen LogP contribution is 2.22. The van der Waals surface area contributed by atoms with Crippen LogP contribution in [0.2, 0.25) is 0 Å². The number of pyridine rings is 1. The van der Waals surface area contributed by atoms with Crippen molar-refractivity contribution in [1.82, 2.24) is 10.3 Å². The monoisotopic (exact) mass is 268 g/mol. The summed E-state index contributed by atoms with van der Waals surface area (Å²) in [6, 6.07) is 15.2. The van der Waals surface area contributed by atoms with Crippen LogP contribution in [0.1, 0.15) is 43.1 Å². The van der Waals surface area contributed by atoms with Crippen molar-refractivity contribution in [3.05, 3.63) is 65.5 Å². The molecule has 2 rings (SSSR count). The molecule has 106 valence electrons. The topological polar surface area (TPSA) is 24.9 Å². The van der Waals surface area contributed by atoms with Crippen molar-refractivity contribution in [3.63, 3.8) is 0 Å². The zero-order chi connectivity index (χ0) is 14.2. The zero-order valence-electron chi connectivity index (χ0n) is 12.5. The molecular formula is C18H24N2. The Morgan fingerprint density at radius 1 is 1.05 bits per heavy atom. The smallest absolute Gasteiger partial charge is 0.0422 e. The molecule has 1 N–H and O–H groups in total. The average Bonchev–Trinajstić information content (AvgIpc) is 2.52. The molecule has 1 aromatic carbocycles. The first-order valence-corrected chi connectivity index (χ1v) is 7.56. The molecule has 2 nitrogen and oxygen atoms in total. The summed E-state index contributed by atoms with van der Waals surface area (Å²) in [6.07, 6.45) is 5.03. The molecule has 0 radical (unpaired) electrons. The summed E-state index contributed by atoms with van der Waals surface area (Å²) in [4.78, 5) is 4.47. The van der Waals surface area contributed by atoms with Crippen LogP contribution in [0.3, 0.4) is 0 Å². The molecule has 0 aliphatic heterocycles. The Kier molecular flexibility index (Phi) is 5.75.